The summed E-state index contributed by atoms with van der Waals surface area (Å²) in [5.74, 6) is 0.611. The lowest BCUT2D eigenvalue weighted by Gasteiger charge is -2.32. The number of rotatable bonds is 7. The predicted octanol–water partition coefficient (Wildman–Crippen LogP) is 3.52. The zero-order valence-electron chi connectivity index (χ0n) is 16.8. The molecule has 160 valence electrons. The molecule has 1 amide bonds. The second-order valence-electron chi connectivity index (χ2n) is 7.14. The maximum Gasteiger partial charge on any atom is 0.272 e. The van der Waals surface area contributed by atoms with Crippen molar-refractivity contribution in [2.45, 2.75) is 25.4 Å². The van der Waals surface area contributed by atoms with Crippen molar-refractivity contribution in [3.63, 3.8) is 0 Å². The summed E-state index contributed by atoms with van der Waals surface area (Å²) in [6.07, 6.45) is 4.34. The topological polar surface area (TPSA) is 86.5 Å². The smallest absolute Gasteiger partial charge is 0.272 e. The fourth-order valence-corrected chi connectivity index (χ4v) is 3.57. The quantitative estimate of drug-likeness (QED) is 0.579. The van der Waals surface area contributed by atoms with Crippen LogP contribution < -0.4 is 5.73 Å². The highest BCUT2D eigenvalue weighted by atomic mass is 35.5. The Hall–Kier alpha value is -2.61. The Morgan fingerprint density at radius 3 is 2.60 bits per heavy atom. The number of likely N-dealkylation sites (tertiary alicyclic amines) is 1. The number of piperidine rings is 1. The van der Waals surface area contributed by atoms with Crippen LogP contribution in [-0.4, -0.2) is 52.9 Å². The summed E-state index contributed by atoms with van der Waals surface area (Å²) in [7, 11) is 0. The second kappa shape index (κ2) is 10.4. The van der Waals surface area contributed by atoms with Gasteiger partial charge in [0.1, 0.15) is 11.4 Å². The molecule has 1 fully saturated rings. The van der Waals surface area contributed by atoms with E-state index in [1.165, 1.54) is 0 Å². The van der Waals surface area contributed by atoms with Crippen LogP contribution in [0.25, 0.3) is 17.1 Å². The standard InChI is InChI=1S/C22H26N4O3.ClH/c23-11-5-15-28-18-9-12-25(13-10-18)22(27)20-16-19(21-8-4-14-29-21)24-26(20)17-6-2-1-3-7-17;/h1-4,6-8,14,16,18H,5,9-13,15,23H2;1H. The summed E-state index contributed by atoms with van der Waals surface area (Å²) >= 11 is 0. The van der Waals surface area contributed by atoms with E-state index in [4.69, 9.17) is 14.9 Å². The average molecular weight is 431 g/mol. The van der Waals surface area contributed by atoms with Gasteiger partial charge in [-0.15, -0.1) is 12.4 Å². The zero-order chi connectivity index (χ0) is 20.1. The first-order chi connectivity index (χ1) is 14.3. The molecule has 3 heterocycles. The SMILES string of the molecule is Cl.NCCCOC1CCN(C(=O)c2cc(-c3ccco3)nn2-c2ccccc2)CC1. The average Bonchev–Trinajstić information content (AvgIpc) is 3.45. The van der Waals surface area contributed by atoms with E-state index >= 15 is 0 Å². The maximum absolute atomic E-state index is 13.3. The summed E-state index contributed by atoms with van der Waals surface area (Å²) in [5, 5.41) is 4.64. The van der Waals surface area contributed by atoms with Crippen LogP contribution in [0.1, 0.15) is 29.8 Å². The molecule has 1 aromatic carbocycles. The number of aromatic nitrogens is 2. The molecule has 1 aliphatic rings. The van der Waals surface area contributed by atoms with E-state index in [1.54, 1.807) is 17.0 Å². The zero-order valence-corrected chi connectivity index (χ0v) is 17.6. The third-order valence-electron chi connectivity index (χ3n) is 5.13. The number of nitrogens with two attached hydrogens (primary N) is 1. The van der Waals surface area contributed by atoms with Gasteiger partial charge in [0.2, 0.25) is 0 Å². The number of hydrogen-bond donors (Lipinski definition) is 1. The molecule has 2 N–H and O–H groups in total. The summed E-state index contributed by atoms with van der Waals surface area (Å²) < 4.78 is 13.0. The second-order valence-corrected chi connectivity index (χ2v) is 7.14. The van der Waals surface area contributed by atoms with Gasteiger partial charge < -0.3 is 19.8 Å². The van der Waals surface area contributed by atoms with Gasteiger partial charge in [-0.3, -0.25) is 4.79 Å². The van der Waals surface area contributed by atoms with Gasteiger partial charge in [-0.05, 0) is 50.1 Å². The molecule has 0 spiro atoms. The van der Waals surface area contributed by atoms with Crippen LogP contribution in [-0.2, 0) is 4.74 Å². The van der Waals surface area contributed by atoms with Crippen molar-refractivity contribution in [1.29, 1.82) is 0 Å². The highest BCUT2D eigenvalue weighted by molar-refractivity contribution is 5.94. The van der Waals surface area contributed by atoms with E-state index in [1.807, 2.05) is 47.4 Å². The van der Waals surface area contributed by atoms with Crippen molar-refractivity contribution in [2.24, 2.45) is 5.73 Å². The Morgan fingerprint density at radius 1 is 1.17 bits per heavy atom. The van der Waals surface area contributed by atoms with Crippen LogP contribution >= 0.6 is 12.4 Å². The van der Waals surface area contributed by atoms with Crippen LogP contribution in [0, 0.1) is 0 Å². The first-order valence-corrected chi connectivity index (χ1v) is 10.1. The minimum atomic E-state index is -0.0282. The minimum Gasteiger partial charge on any atom is -0.463 e. The van der Waals surface area contributed by atoms with Crippen LogP contribution in [0.2, 0.25) is 0 Å². The number of para-hydroxylation sites is 1. The lowest BCUT2D eigenvalue weighted by Crippen LogP contribution is -2.41. The molecule has 7 nitrogen and oxygen atoms in total. The number of nitrogens with zero attached hydrogens (tertiary/aromatic N) is 3. The number of hydrogen-bond acceptors (Lipinski definition) is 5. The van der Waals surface area contributed by atoms with Crippen molar-refractivity contribution in [1.82, 2.24) is 14.7 Å². The van der Waals surface area contributed by atoms with Crippen molar-refractivity contribution in [3.05, 3.63) is 60.5 Å². The first kappa shape index (κ1) is 22.1. The van der Waals surface area contributed by atoms with Gasteiger partial charge in [0.05, 0.1) is 18.1 Å². The summed E-state index contributed by atoms with van der Waals surface area (Å²) in [6.45, 7) is 2.66. The molecule has 1 saturated heterocycles. The summed E-state index contributed by atoms with van der Waals surface area (Å²) in [4.78, 5) is 15.2. The van der Waals surface area contributed by atoms with E-state index in [9.17, 15) is 4.79 Å². The number of carbonyl (C=O) groups excluding carboxylic acids is 1. The highest BCUT2D eigenvalue weighted by Crippen LogP contribution is 2.24. The van der Waals surface area contributed by atoms with Crippen LogP contribution in [0.15, 0.2) is 59.2 Å². The molecule has 0 unspecified atom stereocenters. The van der Waals surface area contributed by atoms with E-state index < -0.39 is 0 Å². The Bertz CT molecular complexity index is 919. The highest BCUT2D eigenvalue weighted by Gasteiger charge is 2.27. The Balaban J connectivity index is 0.00000256. The molecule has 0 atom stereocenters. The fraction of sp³-hybridized carbons (Fsp3) is 0.364. The van der Waals surface area contributed by atoms with E-state index in [0.717, 1.165) is 24.9 Å². The van der Waals surface area contributed by atoms with Crippen molar-refractivity contribution < 1.29 is 13.9 Å². The van der Waals surface area contributed by atoms with Gasteiger partial charge >= 0.3 is 0 Å². The molecule has 4 rings (SSSR count). The molecule has 0 bridgehead atoms. The number of carbonyl (C=O) groups is 1. The van der Waals surface area contributed by atoms with E-state index in [0.29, 0.717) is 43.4 Å². The molecule has 8 heteroatoms. The maximum atomic E-state index is 13.3. The molecular weight excluding hydrogens is 404 g/mol. The van der Waals surface area contributed by atoms with Gasteiger partial charge in [-0.2, -0.15) is 5.10 Å². The number of furan rings is 1. The van der Waals surface area contributed by atoms with Crippen LogP contribution in [0.3, 0.4) is 0 Å². The number of benzene rings is 1. The van der Waals surface area contributed by atoms with Crippen LogP contribution in [0.4, 0.5) is 0 Å². The number of amides is 1. The van der Waals surface area contributed by atoms with Crippen molar-refractivity contribution in [3.8, 4) is 17.1 Å². The van der Waals surface area contributed by atoms with Crippen molar-refractivity contribution >= 4 is 18.3 Å². The van der Waals surface area contributed by atoms with Gasteiger partial charge in [-0.1, -0.05) is 18.2 Å². The first-order valence-electron chi connectivity index (χ1n) is 10.1. The largest absolute Gasteiger partial charge is 0.463 e. The molecule has 0 saturated carbocycles. The van der Waals surface area contributed by atoms with Gasteiger partial charge in [0.15, 0.2) is 5.76 Å². The third kappa shape index (κ3) is 4.92. The normalized spacial score (nSPS) is 14.5. The molecule has 1 aliphatic heterocycles. The summed E-state index contributed by atoms with van der Waals surface area (Å²) in [5.41, 5.74) is 7.54. The van der Waals surface area contributed by atoms with Crippen molar-refractivity contribution in [2.75, 3.05) is 26.2 Å². The molecule has 30 heavy (non-hydrogen) atoms. The Kier molecular flexibility index (Phi) is 7.68. The van der Waals surface area contributed by atoms with Gasteiger partial charge in [0, 0.05) is 25.8 Å². The molecule has 0 radical (unpaired) electrons. The monoisotopic (exact) mass is 430 g/mol. The van der Waals surface area contributed by atoms with Gasteiger partial charge in [0.25, 0.3) is 5.91 Å². The lowest BCUT2D eigenvalue weighted by atomic mass is 10.1. The number of ether oxygens (including phenoxy) is 1. The van der Waals surface area contributed by atoms with E-state index in [-0.39, 0.29) is 24.4 Å². The molecule has 3 aromatic rings. The molecule has 0 aliphatic carbocycles. The van der Waals surface area contributed by atoms with Gasteiger partial charge in [-0.25, -0.2) is 4.68 Å². The number of halogens is 1. The lowest BCUT2D eigenvalue weighted by molar-refractivity contribution is 0.00821. The molecule has 2 aromatic heterocycles. The van der Waals surface area contributed by atoms with E-state index in [2.05, 4.69) is 5.10 Å². The fourth-order valence-electron chi connectivity index (χ4n) is 3.57. The minimum absolute atomic E-state index is 0. The predicted molar refractivity (Wildman–Crippen MR) is 117 cm³/mol. The third-order valence-corrected chi connectivity index (χ3v) is 5.13. The molecular formula is C22H27ClN4O3. The van der Waals surface area contributed by atoms with Crippen LogP contribution in [0.5, 0.6) is 0 Å². The Labute approximate surface area is 182 Å². The summed E-state index contributed by atoms with van der Waals surface area (Å²) in [6, 6.07) is 15.1. The Morgan fingerprint density at radius 2 is 1.93 bits per heavy atom.